The van der Waals surface area contributed by atoms with E-state index in [4.69, 9.17) is 5.11 Å². The topological polar surface area (TPSA) is 49.3 Å². The maximum absolute atomic E-state index is 11.0. The molecule has 3 nitrogen and oxygen atoms in total. The Bertz CT molecular complexity index is 593. The Labute approximate surface area is 125 Å². The van der Waals surface area contributed by atoms with E-state index in [1.54, 1.807) is 18.2 Å². The molecule has 110 valence electrons. The summed E-state index contributed by atoms with van der Waals surface area (Å²) in [5.74, 6) is -0.00985. The summed E-state index contributed by atoms with van der Waals surface area (Å²) in [5.41, 5.74) is 2.45. The highest BCUT2D eigenvalue weighted by molar-refractivity contribution is 5.88. The highest BCUT2D eigenvalue weighted by Crippen LogP contribution is 2.25. The first-order valence-electron chi connectivity index (χ1n) is 7.20. The number of hydrogen-bond acceptors (Lipinski definition) is 2. The maximum Gasteiger partial charge on any atom is 0.335 e. The van der Waals surface area contributed by atoms with Crippen molar-refractivity contribution in [3.05, 3.63) is 65.7 Å². The van der Waals surface area contributed by atoms with Gasteiger partial charge in [0, 0.05) is 18.2 Å². The van der Waals surface area contributed by atoms with Crippen LogP contribution < -0.4 is 5.32 Å². The summed E-state index contributed by atoms with van der Waals surface area (Å²) in [6, 6.07) is 17.3. The van der Waals surface area contributed by atoms with Gasteiger partial charge >= 0.3 is 5.97 Å². The number of carboxylic acid groups (broad SMARTS) is 1. The van der Waals surface area contributed by atoms with E-state index in [2.05, 4.69) is 43.4 Å². The first-order chi connectivity index (χ1) is 10.1. The summed E-state index contributed by atoms with van der Waals surface area (Å²) in [6.07, 6.45) is 0. The summed E-state index contributed by atoms with van der Waals surface area (Å²) < 4.78 is 0. The molecule has 3 heteroatoms. The van der Waals surface area contributed by atoms with Crippen LogP contribution in [0.15, 0.2) is 54.6 Å². The Hall–Kier alpha value is -2.29. The number of aromatic carboxylic acids is 1. The smallest absolute Gasteiger partial charge is 0.335 e. The van der Waals surface area contributed by atoms with Crippen molar-refractivity contribution in [1.82, 2.24) is 0 Å². The molecule has 2 aromatic rings. The molecule has 0 aliphatic heterocycles. The van der Waals surface area contributed by atoms with Gasteiger partial charge in [-0.3, -0.25) is 0 Å². The lowest BCUT2D eigenvalue weighted by Gasteiger charge is -2.22. The van der Waals surface area contributed by atoms with Gasteiger partial charge in [-0.05, 0) is 29.7 Å². The summed E-state index contributed by atoms with van der Waals surface area (Å²) >= 11 is 0. The van der Waals surface area contributed by atoms with E-state index in [1.807, 2.05) is 12.1 Å². The quantitative estimate of drug-likeness (QED) is 0.833. The minimum absolute atomic E-state index is 0.306. The van der Waals surface area contributed by atoms with Crippen LogP contribution in [0, 0.1) is 5.92 Å². The molecule has 0 saturated heterocycles. The zero-order valence-electron chi connectivity index (χ0n) is 12.4. The Morgan fingerprint density at radius 3 is 2.43 bits per heavy atom. The zero-order valence-corrected chi connectivity index (χ0v) is 12.4. The molecule has 0 saturated carbocycles. The molecule has 0 radical (unpaired) electrons. The second kappa shape index (κ2) is 6.93. The molecule has 1 atom stereocenters. The van der Waals surface area contributed by atoms with Gasteiger partial charge in [-0.2, -0.15) is 0 Å². The first-order valence-corrected chi connectivity index (χ1v) is 7.20. The average molecular weight is 283 g/mol. The fourth-order valence-corrected chi connectivity index (χ4v) is 2.43. The monoisotopic (exact) mass is 283 g/mol. The Kier molecular flexibility index (Phi) is 4.99. The van der Waals surface area contributed by atoms with E-state index < -0.39 is 5.97 Å². The van der Waals surface area contributed by atoms with Crippen LogP contribution in [-0.4, -0.2) is 17.6 Å². The van der Waals surface area contributed by atoms with Crippen LogP contribution in [0.3, 0.4) is 0 Å². The molecule has 2 rings (SSSR count). The van der Waals surface area contributed by atoms with Crippen LogP contribution in [-0.2, 0) is 0 Å². The molecular formula is C18H21NO2. The van der Waals surface area contributed by atoms with Gasteiger partial charge in [-0.25, -0.2) is 4.79 Å². The standard InChI is InChI=1S/C18H21NO2/c1-13(2)17(14-7-4-3-5-8-14)12-19-16-10-6-9-15(11-16)18(20)21/h3-11,13,17,19H,12H2,1-2H3,(H,20,21). The van der Waals surface area contributed by atoms with Crippen molar-refractivity contribution in [2.45, 2.75) is 19.8 Å². The highest BCUT2D eigenvalue weighted by Gasteiger charge is 2.15. The number of rotatable bonds is 6. The molecule has 0 bridgehead atoms. The third-order valence-electron chi connectivity index (χ3n) is 3.67. The van der Waals surface area contributed by atoms with Crippen molar-refractivity contribution in [2.24, 2.45) is 5.92 Å². The second-order valence-electron chi connectivity index (χ2n) is 5.53. The van der Waals surface area contributed by atoms with Crippen LogP contribution in [0.1, 0.15) is 35.7 Å². The molecule has 2 N–H and O–H groups in total. The normalized spacial score (nSPS) is 12.1. The van der Waals surface area contributed by atoms with Gasteiger partial charge in [-0.1, -0.05) is 50.2 Å². The predicted molar refractivity (Wildman–Crippen MR) is 85.9 cm³/mol. The molecular weight excluding hydrogens is 262 g/mol. The molecule has 21 heavy (non-hydrogen) atoms. The summed E-state index contributed by atoms with van der Waals surface area (Å²) in [5, 5.41) is 12.4. The van der Waals surface area contributed by atoms with Crippen molar-refractivity contribution < 1.29 is 9.90 Å². The molecule has 1 unspecified atom stereocenters. The van der Waals surface area contributed by atoms with Crippen LogP contribution in [0.2, 0.25) is 0 Å². The molecule has 0 aromatic heterocycles. The largest absolute Gasteiger partial charge is 0.478 e. The van der Waals surface area contributed by atoms with Crippen molar-refractivity contribution in [2.75, 3.05) is 11.9 Å². The van der Waals surface area contributed by atoms with Crippen LogP contribution >= 0.6 is 0 Å². The van der Waals surface area contributed by atoms with Gasteiger partial charge in [0.15, 0.2) is 0 Å². The number of carboxylic acids is 1. The van der Waals surface area contributed by atoms with E-state index >= 15 is 0 Å². The van der Waals surface area contributed by atoms with Crippen molar-refractivity contribution in [1.29, 1.82) is 0 Å². The van der Waals surface area contributed by atoms with Crippen LogP contribution in [0.5, 0.6) is 0 Å². The second-order valence-corrected chi connectivity index (χ2v) is 5.53. The van der Waals surface area contributed by atoms with Crippen molar-refractivity contribution in [3.63, 3.8) is 0 Å². The fraction of sp³-hybridized carbons (Fsp3) is 0.278. The van der Waals surface area contributed by atoms with Crippen molar-refractivity contribution in [3.8, 4) is 0 Å². The number of benzene rings is 2. The lowest BCUT2D eigenvalue weighted by Crippen LogP contribution is -2.17. The lowest BCUT2D eigenvalue weighted by atomic mass is 9.88. The summed E-state index contributed by atoms with van der Waals surface area (Å²) in [7, 11) is 0. The fourth-order valence-electron chi connectivity index (χ4n) is 2.43. The van der Waals surface area contributed by atoms with E-state index in [-0.39, 0.29) is 0 Å². The summed E-state index contributed by atoms with van der Waals surface area (Å²) in [4.78, 5) is 11.0. The zero-order chi connectivity index (χ0) is 15.2. The number of anilines is 1. The van der Waals surface area contributed by atoms with E-state index in [0.717, 1.165) is 12.2 Å². The molecule has 0 aliphatic rings. The average Bonchev–Trinajstić information content (AvgIpc) is 2.48. The minimum atomic E-state index is -0.901. The molecule has 2 aromatic carbocycles. The predicted octanol–water partition coefficient (Wildman–Crippen LogP) is 4.24. The van der Waals surface area contributed by atoms with Gasteiger partial charge in [0.2, 0.25) is 0 Å². The molecule has 0 aliphatic carbocycles. The lowest BCUT2D eigenvalue weighted by molar-refractivity contribution is 0.0697. The molecule has 0 heterocycles. The SMILES string of the molecule is CC(C)C(CNc1cccc(C(=O)O)c1)c1ccccc1. The highest BCUT2D eigenvalue weighted by atomic mass is 16.4. The van der Waals surface area contributed by atoms with Gasteiger partial charge in [0.25, 0.3) is 0 Å². The maximum atomic E-state index is 11.0. The summed E-state index contributed by atoms with van der Waals surface area (Å²) in [6.45, 7) is 5.19. The third-order valence-corrected chi connectivity index (χ3v) is 3.67. The Morgan fingerprint density at radius 2 is 1.81 bits per heavy atom. The van der Waals surface area contributed by atoms with Gasteiger partial charge in [0.1, 0.15) is 0 Å². The first kappa shape index (κ1) is 15.1. The minimum Gasteiger partial charge on any atom is -0.478 e. The Morgan fingerprint density at radius 1 is 1.10 bits per heavy atom. The molecule has 0 spiro atoms. The Balaban J connectivity index is 2.09. The van der Waals surface area contributed by atoms with Gasteiger partial charge in [-0.15, -0.1) is 0 Å². The molecule has 0 amide bonds. The number of hydrogen-bond donors (Lipinski definition) is 2. The van der Waals surface area contributed by atoms with Gasteiger partial charge in [0.05, 0.1) is 5.56 Å². The van der Waals surface area contributed by atoms with Gasteiger partial charge < -0.3 is 10.4 Å². The van der Waals surface area contributed by atoms with Crippen LogP contribution in [0.4, 0.5) is 5.69 Å². The van der Waals surface area contributed by atoms with Crippen molar-refractivity contribution >= 4 is 11.7 Å². The van der Waals surface area contributed by atoms with Crippen LogP contribution in [0.25, 0.3) is 0 Å². The van der Waals surface area contributed by atoms with E-state index in [1.165, 1.54) is 5.56 Å². The third kappa shape index (κ3) is 4.09. The van der Waals surface area contributed by atoms with E-state index in [9.17, 15) is 4.79 Å². The number of carbonyl (C=O) groups is 1. The molecule has 0 fully saturated rings. The van der Waals surface area contributed by atoms with E-state index in [0.29, 0.717) is 17.4 Å². The number of nitrogens with one attached hydrogen (secondary N) is 1.